The van der Waals surface area contributed by atoms with E-state index < -0.39 is 5.63 Å². The SMILES string of the molecule is Cc1cc2c(ccn3c2c(-c2ccc(O)c(O)c2)c2c4cc(C)c(O)cc4oc(=O)c23)cc1O. The number of nitrogens with zero attached hydrogens (tertiary/aromatic N) is 1. The third-order valence-electron chi connectivity index (χ3n) is 6.46. The first-order chi connectivity index (χ1) is 16.2. The van der Waals surface area contributed by atoms with Gasteiger partial charge < -0.3 is 29.2 Å². The molecule has 0 radical (unpaired) electrons. The fourth-order valence-electron chi connectivity index (χ4n) is 4.74. The van der Waals surface area contributed by atoms with E-state index in [2.05, 4.69) is 0 Å². The van der Waals surface area contributed by atoms with E-state index in [1.54, 1.807) is 42.6 Å². The predicted octanol–water partition coefficient (Wildman–Crippen LogP) is 5.46. The molecule has 3 aromatic heterocycles. The fraction of sp³-hybridized carbons (Fsp3) is 0.0741. The summed E-state index contributed by atoms with van der Waals surface area (Å²) in [5.41, 5.74) is 3.17. The molecular formula is C27H19NO6. The van der Waals surface area contributed by atoms with Crippen LogP contribution in [0.3, 0.4) is 0 Å². The Kier molecular flexibility index (Phi) is 3.93. The van der Waals surface area contributed by atoms with Gasteiger partial charge in [0.2, 0.25) is 0 Å². The number of phenols is 4. The van der Waals surface area contributed by atoms with Crippen molar-refractivity contribution in [3.05, 3.63) is 76.3 Å². The second-order valence-electron chi connectivity index (χ2n) is 8.59. The molecule has 34 heavy (non-hydrogen) atoms. The van der Waals surface area contributed by atoms with Gasteiger partial charge in [0.25, 0.3) is 0 Å². The first-order valence-electron chi connectivity index (χ1n) is 10.6. The molecule has 6 rings (SSSR count). The number of pyridine rings is 1. The highest BCUT2D eigenvalue weighted by molar-refractivity contribution is 6.21. The minimum Gasteiger partial charge on any atom is -0.508 e. The van der Waals surface area contributed by atoms with Crippen LogP contribution in [0.5, 0.6) is 23.0 Å². The Labute approximate surface area is 192 Å². The molecule has 0 aliphatic rings. The largest absolute Gasteiger partial charge is 0.508 e. The van der Waals surface area contributed by atoms with Crippen LogP contribution in [-0.2, 0) is 0 Å². The maximum absolute atomic E-state index is 13.2. The Morgan fingerprint density at radius 2 is 1.44 bits per heavy atom. The van der Waals surface area contributed by atoms with E-state index in [-0.39, 0.29) is 28.6 Å². The lowest BCUT2D eigenvalue weighted by molar-refractivity contribution is 0.404. The lowest BCUT2D eigenvalue weighted by Crippen LogP contribution is -2.02. The molecule has 0 atom stereocenters. The Bertz CT molecular complexity index is 1890. The molecule has 0 bridgehead atoms. The molecule has 7 heteroatoms. The van der Waals surface area contributed by atoms with Crippen LogP contribution in [0.1, 0.15) is 11.1 Å². The molecule has 3 heterocycles. The van der Waals surface area contributed by atoms with Crippen LogP contribution in [-0.4, -0.2) is 24.8 Å². The quantitative estimate of drug-likeness (QED) is 0.194. The molecule has 0 saturated heterocycles. The van der Waals surface area contributed by atoms with Gasteiger partial charge in [0.1, 0.15) is 22.6 Å². The van der Waals surface area contributed by atoms with E-state index in [0.29, 0.717) is 44.1 Å². The Balaban J connectivity index is 1.97. The number of rotatable bonds is 1. The van der Waals surface area contributed by atoms with Crippen molar-refractivity contribution >= 4 is 38.2 Å². The molecule has 168 valence electrons. The molecule has 0 fully saturated rings. The van der Waals surface area contributed by atoms with Crippen LogP contribution in [0, 0.1) is 13.8 Å². The third kappa shape index (κ3) is 2.61. The van der Waals surface area contributed by atoms with Crippen molar-refractivity contribution in [2.75, 3.05) is 0 Å². The Hall–Kier alpha value is -4.65. The smallest absolute Gasteiger partial charge is 0.361 e. The highest BCUT2D eigenvalue weighted by atomic mass is 16.4. The van der Waals surface area contributed by atoms with E-state index >= 15 is 0 Å². The number of hydrogen-bond donors (Lipinski definition) is 4. The third-order valence-corrected chi connectivity index (χ3v) is 6.46. The topological polar surface area (TPSA) is 116 Å². The van der Waals surface area contributed by atoms with Crippen LogP contribution < -0.4 is 5.63 Å². The summed E-state index contributed by atoms with van der Waals surface area (Å²) in [4.78, 5) is 13.2. The summed E-state index contributed by atoms with van der Waals surface area (Å²) in [6, 6.07) is 13.0. The highest BCUT2D eigenvalue weighted by Gasteiger charge is 2.23. The number of aryl methyl sites for hydroxylation is 2. The molecule has 7 nitrogen and oxygen atoms in total. The van der Waals surface area contributed by atoms with Crippen LogP contribution in [0.4, 0.5) is 0 Å². The van der Waals surface area contributed by atoms with Crippen LogP contribution in [0.25, 0.3) is 49.3 Å². The minimum atomic E-state index is -0.579. The number of hydrogen-bond acceptors (Lipinski definition) is 6. The molecule has 6 aromatic rings. The minimum absolute atomic E-state index is 0.0131. The van der Waals surface area contributed by atoms with Crippen molar-refractivity contribution in [1.29, 1.82) is 0 Å². The van der Waals surface area contributed by atoms with Crippen molar-refractivity contribution in [1.82, 2.24) is 4.40 Å². The predicted molar refractivity (Wildman–Crippen MR) is 130 cm³/mol. The zero-order valence-corrected chi connectivity index (χ0v) is 18.2. The summed E-state index contributed by atoms with van der Waals surface area (Å²) in [6.07, 6.45) is 1.74. The number of benzene rings is 3. The van der Waals surface area contributed by atoms with Gasteiger partial charge in [0.05, 0.1) is 5.52 Å². The average Bonchev–Trinajstić information content (AvgIpc) is 3.14. The van der Waals surface area contributed by atoms with Gasteiger partial charge in [-0.2, -0.15) is 0 Å². The van der Waals surface area contributed by atoms with E-state index in [9.17, 15) is 25.2 Å². The van der Waals surface area contributed by atoms with Crippen molar-refractivity contribution in [3.63, 3.8) is 0 Å². The molecule has 0 aliphatic heterocycles. The molecule has 3 aromatic carbocycles. The van der Waals surface area contributed by atoms with Gasteiger partial charge in [-0.05, 0) is 72.3 Å². The molecule has 0 aliphatic carbocycles. The molecular weight excluding hydrogens is 434 g/mol. The van der Waals surface area contributed by atoms with Crippen LogP contribution in [0.2, 0.25) is 0 Å². The molecule has 0 amide bonds. The van der Waals surface area contributed by atoms with Crippen molar-refractivity contribution in [3.8, 4) is 34.1 Å². The summed E-state index contributed by atoms with van der Waals surface area (Å²) in [5, 5.41) is 43.5. The molecule has 0 spiro atoms. The molecule has 4 N–H and O–H groups in total. The van der Waals surface area contributed by atoms with Crippen molar-refractivity contribution < 1.29 is 24.8 Å². The Morgan fingerprint density at radius 3 is 2.18 bits per heavy atom. The van der Waals surface area contributed by atoms with Crippen molar-refractivity contribution in [2.24, 2.45) is 0 Å². The van der Waals surface area contributed by atoms with Crippen LogP contribution in [0.15, 0.2) is 63.9 Å². The number of fused-ring (bicyclic) bond motifs is 7. The average molecular weight is 453 g/mol. The summed E-state index contributed by atoms with van der Waals surface area (Å²) in [5.74, 6) is -0.375. The maximum Gasteiger partial charge on any atom is 0.361 e. The molecule has 0 unspecified atom stereocenters. The molecule has 0 saturated carbocycles. The first kappa shape index (κ1) is 20.0. The van der Waals surface area contributed by atoms with Gasteiger partial charge in [0.15, 0.2) is 11.5 Å². The summed E-state index contributed by atoms with van der Waals surface area (Å²) in [6.45, 7) is 3.55. The second-order valence-corrected chi connectivity index (χ2v) is 8.59. The van der Waals surface area contributed by atoms with E-state index in [4.69, 9.17) is 4.42 Å². The zero-order valence-electron chi connectivity index (χ0n) is 18.2. The van der Waals surface area contributed by atoms with E-state index in [0.717, 1.165) is 10.8 Å². The summed E-state index contributed by atoms with van der Waals surface area (Å²) in [7, 11) is 0. The van der Waals surface area contributed by atoms with Crippen LogP contribution >= 0.6 is 0 Å². The second kappa shape index (κ2) is 6.68. The maximum atomic E-state index is 13.2. The number of aromatic nitrogens is 1. The van der Waals surface area contributed by atoms with Gasteiger partial charge in [-0.25, -0.2) is 4.79 Å². The van der Waals surface area contributed by atoms with Gasteiger partial charge in [-0.15, -0.1) is 0 Å². The zero-order chi connectivity index (χ0) is 23.9. The standard InChI is InChI=1S/C27H19NO6/c1-12-7-16-14(9-19(12)30)5-6-28-25(16)23(15-3-4-18(29)21(32)10-15)24-17-8-13(2)20(31)11-22(17)34-27(33)26(24)28/h3-11,29-32H,1-2H3. The lowest BCUT2D eigenvalue weighted by atomic mass is 9.97. The summed E-state index contributed by atoms with van der Waals surface area (Å²) < 4.78 is 7.35. The lowest BCUT2D eigenvalue weighted by Gasteiger charge is -2.09. The normalized spacial score (nSPS) is 11.8. The number of phenolic OH excluding ortho intramolecular Hbond substituents is 4. The van der Waals surface area contributed by atoms with E-state index in [1.807, 2.05) is 12.1 Å². The summed E-state index contributed by atoms with van der Waals surface area (Å²) >= 11 is 0. The highest BCUT2D eigenvalue weighted by Crippen LogP contribution is 2.44. The monoisotopic (exact) mass is 453 g/mol. The van der Waals surface area contributed by atoms with Gasteiger partial charge >= 0.3 is 5.63 Å². The van der Waals surface area contributed by atoms with Gasteiger partial charge in [0, 0.05) is 34.0 Å². The van der Waals surface area contributed by atoms with Gasteiger partial charge in [-0.1, -0.05) is 6.07 Å². The Morgan fingerprint density at radius 1 is 0.735 bits per heavy atom. The van der Waals surface area contributed by atoms with E-state index in [1.165, 1.54) is 18.2 Å². The van der Waals surface area contributed by atoms with Crippen molar-refractivity contribution in [2.45, 2.75) is 13.8 Å². The van der Waals surface area contributed by atoms with Gasteiger partial charge in [-0.3, -0.25) is 0 Å². The first-order valence-corrected chi connectivity index (χ1v) is 10.6. The number of aromatic hydroxyl groups is 4. The fourth-order valence-corrected chi connectivity index (χ4v) is 4.74.